The highest BCUT2D eigenvalue weighted by Gasteiger charge is 2.23. The van der Waals surface area contributed by atoms with Gasteiger partial charge in [-0.3, -0.25) is 14.4 Å². The van der Waals surface area contributed by atoms with Gasteiger partial charge in [-0.15, -0.1) is 0 Å². The summed E-state index contributed by atoms with van der Waals surface area (Å²) in [6, 6.07) is 10.2. The van der Waals surface area contributed by atoms with Crippen molar-refractivity contribution in [3.8, 4) is 0 Å². The predicted octanol–water partition coefficient (Wildman–Crippen LogP) is 1.93. The highest BCUT2D eigenvalue weighted by atomic mass is 16.3. The van der Waals surface area contributed by atoms with Crippen molar-refractivity contribution in [2.24, 2.45) is 0 Å². The molecule has 2 aromatic rings. The van der Waals surface area contributed by atoms with Crippen LogP contribution in [0.5, 0.6) is 0 Å². The fourth-order valence-electron chi connectivity index (χ4n) is 2.21. The average Bonchev–Trinajstić information content (AvgIpc) is 3.24. The number of anilines is 1. The number of carbonyl (C=O) groups is 3. The van der Waals surface area contributed by atoms with E-state index < -0.39 is 0 Å². The van der Waals surface area contributed by atoms with Gasteiger partial charge >= 0.3 is 0 Å². The summed E-state index contributed by atoms with van der Waals surface area (Å²) in [7, 11) is 0. The number of rotatable bonds is 7. The van der Waals surface area contributed by atoms with Crippen molar-refractivity contribution in [3.63, 3.8) is 0 Å². The lowest BCUT2D eigenvalue weighted by molar-refractivity contribution is -0.116. The summed E-state index contributed by atoms with van der Waals surface area (Å²) in [5.74, 6) is -0.472. The zero-order valence-electron chi connectivity index (χ0n) is 13.6. The third kappa shape index (κ3) is 4.94. The summed E-state index contributed by atoms with van der Waals surface area (Å²) < 4.78 is 4.96. The second-order valence-electron chi connectivity index (χ2n) is 5.86. The molecule has 0 saturated heterocycles. The Morgan fingerprint density at radius 1 is 1.04 bits per heavy atom. The summed E-state index contributed by atoms with van der Waals surface area (Å²) in [5, 5.41) is 8.23. The van der Waals surface area contributed by atoms with E-state index in [9.17, 15) is 14.4 Å². The normalized spacial score (nSPS) is 13.1. The van der Waals surface area contributed by atoms with Crippen LogP contribution in [0.1, 0.15) is 40.2 Å². The fourth-order valence-corrected chi connectivity index (χ4v) is 2.21. The van der Waals surface area contributed by atoms with Gasteiger partial charge in [0.15, 0.2) is 5.76 Å². The second kappa shape index (κ2) is 7.65. The molecule has 0 aliphatic heterocycles. The summed E-state index contributed by atoms with van der Waals surface area (Å²) in [6.45, 7) is 0.202. The van der Waals surface area contributed by atoms with Crippen LogP contribution in [0.25, 0.3) is 0 Å². The number of benzene rings is 1. The first-order valence-electron chi connectivity index (χ1n) is 8.14. The lowest BCUT2D eigenvalue weighted by Gasteiger charge is -2.07. The molecule has 1 fully saturated rings. The van der Waals surface area contributed by atoms with Gasteiger partial charge in [0.25, 0.3) is 11.8 Å². The minimum atomic E-state index is -0.358. The third-order valence-corrected chi connectivity index (χ3v) is 3.73. The molecule has 3 amide bonds. The van der Waals surface area contributed by atoms with E-state index in [-0.39, 0.29) is 36.4 Å². The first-order chi connectivity index (χ1) is 12.1. The molecule has 25 heavy (non-hydrogen) atoms. The summed E-state index contributed by atoms with van der Waals surface area (Å²) in [5.41, 5.74) is 1.17. The zero-order valence-corrected chi connectivity index (χ0v) is 13.6. The molecule has 3 N–H and O–H groups in total. The van der Waals surface area contributed by atoms with Gasteiger partial charge < -0.3 is 20.4 Å². The third-order valence-electron chi connectivity index (χ3n) is 3.73. The lowest BCUT2D eigenvalue weighted by atomic mass is 10.2. The maximum atomic E-state index is 11.9. The van der Waals surface area contributed by atoms with Crippen molar-refractivity contribution in [3.05, 3.63) is 54.0 Å². The monoisotopic (exact) mass is 341 g/mol. The minimum absolute atomic E-state index is 0.0963. The Kier molecular flexibility index (Phi) is 5.13. The molecule has 1 aromatic heterocycles. The molecular formula is C18H19N3O4. The zero-order chi connectivity index (χ0) is 17.6. The van der Waals surface area contributed by atoms with Crippen molar-refractivity contribution in [2.45, 2.75) is 25.3 Å². The van der Waals surface area contributed by atoms with Crippen LogP contribution < -0.4 is 16.0 Å². The minimum Gasteiger partial charge on any atom is -0.459 e. The van der Waals surface area contributed by atoms with Crippen LogP contribution in [-0.2, 0) is 4.79 Å². The number of carbonyl (C=O) groups excluding carboxylic acids is 3. The van der Waals surface area contributed by atoms with Crippen molar-refractivity contribution in [2.75, 3.05) is 11.9 Å². The molecule has 0 spiro atoms. The Bertz CT molecular complexity index is 749. The Hall–Kier alpha value is -3.09. The Labute approximate surface area is 144 Å². The molecule has 1 aromatic carbocycles. The molecule has 1 heterocycles. The first kappa shape index (κ1) is 16.8. The Morgan fingerprint density at radius 3 is 2.44 bits per heavy atom. The van der Waals surface area contributed by atoms with Gasteiger partial charge in [-0.1, -0.05) is 0 Å². The number of amides is 3. The Balaban J connectivity index is 1.41. The smallest absolute Gasteiger partial charge is 0.286 e. The van der Waals surface area contributed by atoms with E-state index in [1.54, 1.807) is 36.4 Å². The van der Waals surface area contributed by atoms with Crippen LogP contribution in [-0.4, -0.2) is 30.3 Å². The SMILES string of the molecule is O=C(CCNC(=O)c1ccco1)Nc1ccc(C(=O)NC2CC2)cc1. The van der Waals surface area contributed by atoms with Gasteiger partial charge in [0, 0.05) is 30.3 Å². The van der Waals surface area contributed by atoms with E-state index >= 15 is 0 Å². The maximum absolute atomic E-state index is 11.9. The van der Waals surface area contributed by atoms with Gasteiger partial charge in [-0.2, -0.15) is 0 Å². The van der Waals surface area contributed by atoms with E-state index in [4.69, 9.17) is 4.42 Å². The highest BCUT2D eigenvalue weighted by Crippen LogP contribution is 2.19. The lowest BCUT2D eigenvalue weighted by Crippen LogP contribution is -2.27. The molecule has 1 aliphatic carbocycles. The van der Waals surface area contributed by atoms with Crippen LogP contribution >= 0.6 is 0 Å². The van der Waals surface area contributed by atoms with Crippen molar-refractivity contribution < 1.29 is 18.8 Å². The maximum Gasteiger partial charge on any atom is 0.286 e. The van der Waals surface area contributed by atoms with Crippen molar-refractivity contribution >= 4 is 23.4 Å². The van der Waals surface area contributed by atoms with Crippen molar-refractivity contribution in [1.29, 1.82) is 0 Å². The number of furan rings is 1. The second-order valence-corrected chi connectivity index (χ2v) is 5.86. The van der Waals surface area contributed by atoms with E-state index in [1.807, 2.05) is 0 Å². The Morgan fingerprint density at radius 2 is 1.80 bits per heavy atom. The molecule has 0 radical (unpaired) electrons. The molecule has 1 saturated carbocycles. The topological polar surface area (TPSA) is 100 Å². The van der Waals surface area contributed by atoms with E-state index in [0.717, 1.165) is 12.8 Å². The van der Waals surface area contributed by atoms with E-state index in [1.165, 1.54) is 6.26 Å². The van der Waals surface area contributed by atoms with Gasteiger partial charge in [0.2, 0.25) is 5.91 Å². The highest BCUT2D eigenvalue weighted by molar-refractivity contribution is 5.96. The van der Waals surface area contributed by atoms with E-state index in [0.29, 0.717) is 17.3 Å². The average molecular weight is 341 g/mol. The van der Waals surface area contributed by atoms with Crippen LogP contribution in [0, 0.1) is 0 Å². The van der Waals surface area contributed by atoms with Crippen LogP contribution in [0.2, 0.25) is 0 Å². The van der Waals surface area contributed by atoms with Gasteiger partial charge in [0.05, 0.1) is 6.26 Å². The largest absolute Gasteiger partial charge is 0.459 e. The van der Waals surface area contributed by atoms with Crippen LogP contribution in [0.15, 0.2) is 47.1 Å². The molecule has 7 nitrogen and oxygen atoms in total. The molecule has 7 heteroatoms. The van der Waals surface area contributed by atoms with Crippen molar-refractivity contribution in [1.82, 2.24) is 10.6 Å². The van der Waals surface area contributed by atoms with Gasteiger partial charge in [-0.25, -0.2) is 0 Å². The fraction of sp³-hybridized carbons (Fsp3) is 0.278. The quantitative estimate of drug-likeness (QED) is 0.716. The summed E-state index contributed by atoms with van der Waals surface area (Å²) in [4.78, 5) is 35.4. The molecule has 0 unspecified atom stereocenters. The number of nitrogens with one attached hydrogen (secondary N) is 3. The number of hydrogen-bond donors (Lipinski definition) is 3. The van der Waals surface area contributed by atoms with Gasteiger partial charge in [-0.05, 0) is 49.2 Å². The first-order valence-corrected chi connectivity index (χ1v) is 8.14. The molecule has 0 bridgehead atoms. The summed E-state index contributed by atoms with van der Waals surface area (Å²) in [6.07, 6.45) is 3.62. The molecule has 0 atom stereocenters. The molecule has 1 aliphatic rings. The molecule has 3 rings (SSSR count). The van der Waals surface area contributed by atoms with E-state index in [2.05, 4.69) is 16.0 Å². The van der Waals surface area contributed by atoms with Crippen LogP contribution in [0.4, 0.5) is 5.69 Å². The van der Waals surface area contributed by atoms with Gasteiger partial charge in [0.1, 0.15) is 0 Å². The van der Waals surface area contributed by atoms with Crippen LogP contribution in [0.3, 0.4) is 0 Å². The molecule has 130 valence electrons. The predicted molar refractivity (Wildman–Crippen MR) is 91.2 cm³/mol. The molecular weight excluding hydrogens is 322 g/mol. The standard InChI is InChI=1S/C18H19N3O4/c22-16(9-10-19-18(24)15-2-1-11-25-15)20-13-5-3-12(4-6-13)17(23)21-14-7-8-14/h1-6,11,14H,7-10H2,(H,19,24)(H,20,22)(H,21,23). The number of hydrogen-bond acceptors (Lipinski definition) is 4. The summed E-state index contributed by atoms with van der Waals surface area (Å²) >= 11 is 0.